The van der Waals surface area contributed by atoms with Crippen LogP contribution >= 0.6 is 11.3 Å². The first kappa shape index (κ1) is 13.0. The zero-order valence-corrected chi connectivity index (χ0v) is 11.1. The molecule has 2 heterocycles. The summed E-state index contributed by atoms with van der Waals surface area (Å²) < 4.78 is 0. The van der Waals surface area contributed by atoms with Crippen molar-refractivity contribution in [3.8, 4) is 0 Å². The molecule has 2 rings (SSSR count). The number of hydrogen-bond donors (Lipinski definition) is 1. The Bertz CT molecular complexity index is 464. The summed E-state index contributed by atoms with van der Waals surface area (Å²) in [4.78, 5) is 24.7. The molecule has 1 saturated heterocycles. The highest BCUT2D eigenvalue weighted by molar-refractivity contribution is 7.17. The van der Waals surface area contributed by atoms with Crippen molar-refractivity contribution in [2.75, 3.05) is 13.1 Å². The maximum absolute atomic E-state index is 12.3. The third-order valence-electron chi connectivity index (χ3n) is 3.05. The number of rotatable bonds is 2. The van der Waals surface area contributed by atoms with E-state index in [1.54, 1.807) is 4.90 Å². The van der Waals surface area contributed by atoms with E-state index in [1.807, 2.05) is 13.8 Å². The van der Waals surface area contributed by atoms with Crippen molar-refractivity contribution in [1.82, 2.24) is 10.2 Å². The Balaban J connectivity index is 2.21. The lowest BCUT2D eigenvalue weighted by Crippen LogP contribution is -2.57. The smallest absolute Gasteiger partial charge is 0.324 e. The van der Waals surface area contributed by atoms with Crippen LogP contribution in [0.25, 0.3) is 0 Å². The van der Waals surface area contributed by atoms with Gasteiger partial charge in [0.1, 0.15) is 0 Å². The molecule has 1 amide bonds. The molecule has 1 aliphatic rings. The summed E-state index contributed by atoms with van der Waals surface area (Å²) in [6.07, 6.45) is 0. The predicted octanol–water partition coefficient (Wildman–Crippen LogP) is 1.48. The van der Waals surface area contributed by atoms with E-state index in [0.717, 1.165) is 24.4 Å². The molecule has 1 aromatic heterocycles. The number of amides is 1. The van der Waals surface area contributed by atoms with E-state index in [1.165, 1.54) is 12.1 Å². The Morgan fingerprint density at radius 2 is 2.06 bits per heavy atom. The van der Waals surface area contributed by atoms with Gasteiger partial charge in [0.15, 0.2) is 0 Å². The number of thiophene rings is 1. The van der Waals surface area contributed by atoms with Crippen LogP contribution in [-0.4, -0.2) is 40.9 Å². The Kier molecular flexibility index (Phi) is 3.63. The van der Waals surface area contributed by atoms with Crippen molar-refractivity contribution in [2.45, 2.75) is 25.9 Å². The molecule has 0 aromatic carbocycles. The largest absolute Gasteiger partial charge is 0.330 e. The molecule has 0 aliphatic carbocycles. The fourth-order valence-electron chi connectivity index (χ4n) is 2.20. The monoisotopic (exact) mass is 269 g/mol. The molecule has 18 heavy (non-hydrogen) atoms. The lowest BCUT2D eigenvalue weighted by molar-refractivity contribution is -0.380. The Labute approximate surface area is 109 Å². The van der Waals surface area contributed by atoms with Gasteiger partial charge < -0.3 is 10.2 Å². The van der Waals surface area contributed by atoms with Gasteiger partial charge in [0.25, 0.3) is 5.91 Å². The van der Waals surface area contributed by atoms with E-state index in [4.69, 9.17) is 0 Å². The van der Waals surface area contributed by atoms with Crippen molar-refractivity contribution < 1.29 is 9.72 Å². The zero-order chi connectivity index (χ0) is 13.3. The van der Waals surface area contributed by atoms with E-state index in [0.29, 0.717) is 4.88 Å². The summed E-state index contributed by atoms with van der Waals surface area (Å²) in [7, 11) is 0. The molecular formula is C11H15N3O3S. The van der Waals surface area contributed by atoms with Gasteiger partial charge in [-0.2, -0.15) is 0 Å². The molecule has 1 fully saturated rings. The SMILES string of the molecule is CC1CNCC(C)N1C(=O)c1ccc([N+](=O)[O-])s1. The van der Waals surface area contributed by atoms with Crippen LogP contribution in [0, 0.1) is 10.1 Å². The first-order valence-corrected chi connectivity index (χ1v) is 6.60. The third kappa shape index (κ3) is 2.37. The minimum Gasteiger partial charge on any atom is -0.330 e. The van der Waals surface area contributed by atoms with Crippen LogP contribution in [0.5, 0.6) is 0 Å². The highest BCUT2D eigenvalue weighted by Gasteiger charge is 2.30. The van der Waals surface area contributed by atoms with Crippen LogP contribution < -0.4 is 5.32 Å². The van der Waals surface area contributed by atoms with Crippen molar-refractivity contribution in [3.63, 3.8) is 0 Å². The van der Waals surface area contributed by atoms with Gasteiger partial charge in [-0.25, -0.2) is 0 Å². The van der Waals surface area contributed by atoms with Gasteiger partial charge in [-0.1, -0.05) is 11.3 Å². The maximum atomic E-state index is 12.3. The van der Waals surface area contributed by atoms with E-state index >= 15 is 0 Å². The van der Waals surface area contributed by atoms with Crippen LogP contribution in [0.2, 0.25) is 0 Å². The topological polar surface area (TPSA) is 75.5 Å². The van der Waals surface area contributed by atoms with E-state index in [-0.39, 0.29) is 23.0 Å². The summed E-state index contributed by atoms with van der Waals surface area (Å²) in [5, 5.41) is 13.9. The molecule has 1 N–H and O–H groups in total. The van der Waals surface area contributed by atoms with Crippen LogP contribution in [-0.2, 0) is 0 Å². The fourth-order valence-corrected chi connectivity index (χ4v) is 2.97. The van der Waals surface area contributed by atoms with Crippen LogP contribution in [0.1, 0.15) is 23.5 Å². The standard InChI is InChI=1S/C11H15N3O3S/c1-7-5-12-6-8(2)13(7)11(15)9-3-4-10(18-9)14(16)17/h3-4,7-8,12H,5-6H2,1-2H3. The van der Waals surface area contributed by atoms with Gasteiger partial charge in [0, 0.05) is 31.2 Å². The highest BCUT2D eigenvalue weighted by atomic mass is 32.1. The molecule has 0 spiro atoms. The van der Waals surface area contributed by atoms with Crippen molar-refractivity contribution in [2.24, 2.45) is 0 Å². The Morgan fingerprint density at radius 3 is 2.56 bits per heavy atom. The Morgan fingerprint density at radius 1 is 1.44 bits per heavy atom. The number of nitrogens with zero attached hydrogens (tertiary/aromatic N) is 2. The number of nitro groups is 1. The van der Waals surface area contributed by atoms with E-state index in [2.05, 4.69) is 5.32 Å². The number of piperazine rings is 1. The third-order valence-corrected chi connectivity index (χ3v) is 4.07. The van der Waals surface area contributed by atoms with E-state index in [9.17, 15) is 14.9 Å². The molecule has 1 aromatic rings. The lowest BCUT2D eigenvalue weighted by Gasteiger charge is -2.39. The summed E-state index contributed by atoms with van der Waals surface area (Å²) in [6.45, 7) is 5.46. The number of nitrogens with one attached hydrogen (secondary N) is 1. The van der Waals surface area contributed by atoms with Crippen molar-refractivity contribution in [1.29, 1.82) is 0 Å². The summed E-state index contributed by atoms with van der Waals surface area (Å²) in [5.41, 5.74) is 0. The quantitative estimate of drug-likeness (QED) is 0.651. The molecular weight excluding hydrogens is 254 g/mol. The Hall–Kier alpha value is -1.47. The maximum Gasteiger partial charge on any atom is 0.324 e. The van der Waals surface area contributed by atoms with Gasteiger partial charge in [-0.3, -0.25) is 14.9 Å². The molecule has 0 bridgehead atoms. The number of carbonyl (C=O) groups is 1. The second kappa shape index (κ2) is 5.03. The van der Waals surface area contributed by atoms with Crippen molar-refractivity contribution in [3.05, 3.63) is 27.1 Å². The average Bonchev–Trinajstić information content (AvgIpc) is 2.77. The first-order chi connectivity index (χ1) is 8.50. The first-order valence-electron chi connectivity index (χ1n) is 5.78. The number of carbonyl (C=O) groups excluding carboxylic acids is 1. The zero-order valence-electron chi connectivity index (χ0n) is 10.3. The summed E-state index contributed by atoms with van der Waals surface area (Å²) in [5.74, 6) is -0.116. The highest BCUT2D eigenvalue weighted by Crippen LogP contribution is 2.26. The van der Waals surface area contributed by atoms with E-state index < -0.39 is 4.92 Å². The normalized spacial score (nSPS) is 24.0. The molecule has 7 heteroatoms. The second-order valence-corrected chi connectivity index (χ2v) is 5.53. The molecule has 0 radical (unpaired) electrons. The average molecular weight is 269 g/mol. The van der Waals surface area contributed by atoms with Crippen LogP contribution in [0.4, 0.5) is 5.00 Å². The second-order valence-electron chi connectivity index (χ2n) is 4.46. The summed E-state index contributed by atoms with van der Waals surface area (Å²) in [6, 6.07) is 3.12. The van der Waals surface area contributed by atoms with Gasteiger partial charge in [0.2, 0.25) is 0 Å². The summed E-state index contributed by atoms with van der Waals surface area (Å²) >= 11 is 0.936. The van der Waals surface area contributed by atoms with Crippen LogP contribution in [0.15, 0.2) is 12.1 Å². The minimum atomic E-state index is -0.466. The van der Waals surface area contributed by atoms with Crippen LogP contribution in [0.3, 0.4) is 0 Å². The van der Waals surface area contributed by atoms with Gasteiger partial charge in [-0.05, 0) is 19.9 Å². The predicted molar refractivity (Wildman–Crippen MR) is 68.9 cm³/mol. The molecule has 6 nitrogen and oxygen atoms in total. The molecule has 2 unspecified atom stereocenters. The van der Waals surface area contributed by atoms with Gasteiger partial charge >= 0.3 is 5.00 Å². The minimum absolute atomic E-state index is 0.00814. The fraction of sp³-hybridized carbons (Fsp3) is 0.545. The van der Waals surface area contributed by atoms with Crippen molar-refractivity contribution >= 4 is 22.2 Å². The number of hydrogen-bond acceptors (Lipinski definition) is 5. The lowest BCUT2D eigenvalue weighted by atomic mass is 10.1. The molecule has 98 valence electrons. The molecule has 2 atom stereocenters. The van der Waals surface area contributed by atoms with Gasteiger partial charge in [0.05, 0.1) is 9.80 Å². The molecule has 1 aliphatic heterocycles. The molecule has 0 saturated carbocycles. The van der Waals surface area contributed by atoms with Gasteiger partial charge in [-0.15, -0.1) is 0 Å².